The molecule has 0 fully saturated rings. The number of carbonyl (C=O) groups excluding carboxylic acids is 2. The van der Waals surface area contributed by atoms with Gasteiger partial charge in [-0.05, 0) is 30.7 Å². The predicted octanol–water partition coefficient (Wildman–Crippen LogP) is 3.67. The number of halogens is 1. The van der Waals surface area contributed by atoms with Crippen molar-refractivity contribution in [1.29, 1.82) is 0 Å². The van der Waals surface area contributed by atoms with Crippen molar-refractivity contribution in [1.82, 2.24) is 9.78 Å². The second-order valence-electron chi connectivity index (χ2n) is 6.25. The molecule has 0 spiro atoms. The Morgan fingerprint density at radius 3 is 2.46 bits per heavy atom. The lowest BCUT2D eigenvalue weighted by atomic mass is 10.1. The molecule has 0 saturated heterocycles. The molecule has 2 aromatic carbocycles. The van der Waals surface area contributed by atoms with Gasteiger partial charge in [0.2, 0.25) is 5.91 Å². The first kappa shape index (κ1) is 19.6. The highest BCUT2D eigenvalue weighted by Crippen LogP contribution is 2.26. The zero-order valence-corrected chi connectivity index (χ0v) is 16.2. The van der Waals surface area contributed by atoms with Crippen LogP contribution in [0.1, 0.15) is 30.8 Å². The van der Waals surface area contributed by atoms with E-state index in [0.29, 0.717) is 40.1 Å². The van der Waals surface area contributed by atoms with Gasteiger partial charge in [-0.1, -0.05) is 36.7 Å². The highest BCUT2D eigenvalue weighted by atomic mass is 35.5. The van der Waals surface area contributed by atoms with E-state index in [0.717, 1.165) is 0 Å². The van der Waals surface area contributed by atoms with Gasteiger partial charge in [-0.25, -0.2) is 4.68 Å². The topological polar surface area (TPSA) is 93.1 Å². The molecule has 28 heavy (non-hydrogen) atoms. The molecule has 0 aliphatic rings. The molecular formula is C20H19ClN4O3. The lowest BCUT2D eigenvalue weighted by Gasteiger charge is -2.12. The first-order valence-corrected chi connectivity index (χ1v) is 9.17. The number of nitrogens with one attached hydrogen (secondary N) is 2. The second-order valence-corrected chi connectivity index (χ2v) is 6.66. The monoisotopic (exact) mass is 398 g/mol. The smallest absolute Gasteiger partial charge is 0.276 e. The molecule has 3 aromatic rings. The third-order valence-corrected chi connectivity index (χ3v) is 4.37. The Bertz CT molecular complexity index is 1120. The molecule has 0 bridgehead atoms. The lowest BCUT2D eigenvalue weighted by molar-refractivity contribution is -0.114. The number of rotatable bonds is 5. The molecule has 3 rings (SSSR count). The molecule has 144 valence electrons. The fourth-order valence-corrected chi connectivity index (χ4v) is 3.07. The van der Waals surface area contributed by atoms with Gasteiger partial charge >= 0.3 is 0 Å². The molecule has 1 heterocycles. The zero-order valence-electron chi connectivity index (χ0n) is 15.5. The minimum atomic E-state index is -0.454. The number of hydrogen-bond donors (Lipinski definition) is 2. The molecule has 2 amide bonds. The van der Waals surface area contributed by atoms with Gasteiger partial charge in [0.1, 0.15) is 0 Å². The number of fused-ring (bicyclic) bond motifs is 1. The highest BCUT2D eigenvalue weighted by Gasteiger charge is 2.17. The Morgan fingerprint density at radius 2 is 1.82 bits per heavy atom. The number of carbonyl (C=O) groups is 2. The van der Waals surface area contributed by atoms with Gasteiger partial charge in [0, 0.05) is 24.5 Å². The molecular weight excluding hydrogens is 380 g/mol. The molecule has 0 atom stereocenters. The average Bonchev–Trinajstić information content (AvgIpc) is 2.66. The van der Waals surface area contributed by atoms with Crippen molar-refractivity contribution in [2.24, 2.45) is 0 Å². The molecule has 0 saturated carbocycles. The summed E-state index contributed by atoms with van der Waals surface area (Å²) in [4.78, 5) is 36.6. The summed E-state index contributed by atoms with van der Waals surface area (Å²) in [7, 11) is 0. The van der Waals surface area contributed by atoms with Crippen LogP contribution in [0.4, 0.5) is 11.4 Å². The Labute approximate surface area is 166 Å². The summed E-state index contributed by atoms with van der Waals surface area (Å²) in [6.07, 6.45) is 0.715. The maximum atomic E-state index is 12.9. The van der Waals surface area contributed by atoms with Crippen molar-refractivity contribution in [2.45, 2.75) is 26.8 Å². The van der Waals surface area contributed by atoms with E-state index in [1.165, 1.54) is 17.7 Å². The van der Waals surface area contributed by atoms with Crippen molar-refractivity contribution < 1.29 is 9.59 Å². The minimum Gasteiger partial charge on any atom is -0.325 e. The van der Waals surface area contributed by atoms with Crippen LogP contribution in [0.25, 0.3) is 10.8 Å². The van der Waals surface area contributed by atoms with Gasteiger partial charge in [-0.15, -0.1) is 0 Å². The maximum Gasteiger partial charge on any atom is 0.276 e. The Morgan fingerprint density at radius 1 is 1.11 bits per heavy atom. The van der Waals surface area contributed by atoms with E-state index in [9.17, 15) is 14.4 Å². The summed E-state index contributed by atoms with van der Waals surface area (Å²) in [6.45, 7) is 3.73. The van der Waals surface area contributed by atoms with E-state index >= 15 is 0 Å². The van der Waals surface area contributed by atoms with Crippen LogP contribution in [0, 0.1) is 0 Å². The lowest BCUT2D eigenvalue weighted by Crippen LogP contribution is -2.27. The van der Waals surface area contributed by atoms with Crippen LogP contribution in [0.3, 0.4) is 0 Å². The fraction of sp³-hybridized carbons (Fsp3) is 0.200. The Balaban J connectivity index is 1.98. The summed E-state index contributed by atoms with van der Waals surface area (Å²) >= 11 is 6.16. The predicted molar refractivity (Wildman–Crippen MR) is 110 cm³/mol. The summed E-state index contributed by atoms with van der Waals surface area (Å²) < 4.78 is 1.31. The van der Waals surface area contributed by atoms with E-state index in [4.69, 9.17) is 11.6 Å². The van der Waals surface area contributed by atoms with Gasteiger partial charge in [0.25, 0.3) is 11.5 Å². The van der Waals surface area contributed by atoms with Crippen molar-refractivity contribution >= 4 is 45.6 Å². The number of nitrogens with zero attached hydrogens (tertiary/aromatic N) is 2. The Kier molecular flexibility index (Phi) is 5.75. The molecule has 2 N–H and O–H groups in total. The number of aromatic nitrogens is 2. The molecule has 0 radical (unpaired) electrons. The molecule has 0 aliphatic heterocycles. The fourth-order valence-electron chi connectivity index (χ4n) is 2.84. The van der Waals surface area contributed by atoms with E-state index in [1.54, 1.807) is 36.4 Å². The molecule has 0 unspecified atom stereocenters. The van der Waals surface area contributed by atoms with Gasteiger partial charge in [-0.3, -0.25) is 14.4 Å². The standard InChI is InChI=1S/C20H19ClN4O3/c1-3-10-25-20(28)15-7-5-4-6-14(15)18(24-25)19(27)23-13-8-9-17(16(21)11-13)22-12(2)26/h4-9,11H,3,10H2,1-2H3,(H,22,26)(H,23,27). The van der Waals surface area contributed by atoms with Crippen LogP contribution in [0.5, 0.6) is 0 Å². The largest absolute Gasteiger partial charge is 0.325 e. The SMILES string of the molecule is CCCn1nc(C(=O)Nc2ccc(NC(C)=O)c(Cl)c2)c2ccccc2c1=O. The van der Waals surface area contributed by atoms with Gasteiger partial charge in [0.05, 0.1) is 16.1 Å². The van der Waals surface area contributed by atoms with Crippen molar-refractivity contribution in [2.75, 3.05) is 10.6 Å². The van der Waals surface area contributed by atoms with Crippen molar-refractivity contribution in [3.05, 3.63) is 63.5 Å². The van der Waals surface area contributed by atoms with Gasteiger partial charge in [0.15, 0.2) is 5.69 Å². The summed E-state index contributed by atoms with van der Waals surface area (Å²) in [5.41, 5.74) is 0.831. The van der Waals surface area contributed by atoms with Crippen LogP contribution >= 0.6 is 11.6 Å². The van der Waals surface area contributed by atoms with Crippen LogP contribution in [0.15, 0.2) is 47.3 Å². The van der Waals surface area contributed by atoms with Crippen molar-refractivity contribution in [3.63, 3.8) is 0 Å². The van der Waals surface area contributed by atoms with Gasteiger partial charge < -0.3 is 10.6 Å². The third-order valence-electron chi connectivity index (χ3n) is 4.06. The molecule has 7 nitrogen and oxygen atoms in total. The quantitative estimate of drug-likeness (QED) is 0.685. The summed E-state index contributed by atoms with van der Waals surface area (Å²) in [5.74, 6) is -0.697. The van der Waals surface area contributed by atoms with Gasteiger partial charge in [-0.2, -0.15) is 5.10 Å². The number of hydrogen-bond acceptors (Lipinski definition) is 4. The molecule has 8 heteroatoms. The number of amides is 2. The Hall–Kier alpha value is -3.19. The zero-order chi connectivity index (χ0) is 20.3. The van der Waals surface area contributed by atoms with Crippen LogP contribution in [-0.2, 0) is 11.3 Å². The van der Waals surface area contributed by atoms with E-state index in [-0.39, 0.29) is 17.2 Å². The first-order chi connectivity index (χ1) is 13.4. The molecule has 0 aliphatic carbocycles. The minimum absolute atomic E-state index is 0.158. The number of anilines is 2. The normalized spacial score (nSPS) is 10.7. The maximum absolute atomic E-state index is 12.9. The number of aryl methyl sites for hydroxylation is 1. The second kappa shape index (κ2) is 8.22. The third kappa shape index (κ3) is 4.04. The highest BCUT2D eigenvalue weighted by molar-refractivity contribution is 6.34. The summed E-state index contributed by atoms with van der Waals surface area (Å²) in [5, 5.41) is 10.8. The van der Waals surface area contributed by atoms with E-state index in [1.807, 2.05) is 6.92 Å². The first-order valence-electron chi connectivity index (χ1n) is 8.79. The van der Waals surface area contributed by atoms with E-state index in [2.05, 4.69) is 15.7 Å². The van der Waals surface area contributed by atoms with Crippen molar-refractivity contribution in [3.8, 4) is 0 Å². The van der Waals surface area contributed by atoms with E-state index < -0.39 is 5.91 Å². The molecule has 1 aromatic heterocycles. The van der Waals surface area contributed by atoms with Crippen LogP contribution < -0.4 is 16.2 Å². The summed E-state index contributed by atoms with van der Waals surface area (Å²) in [6, 6.07) is 11.6. The number of benzene rings is 2. The average molecular weight is 399 g/mol. The van der Waals surface area contributed by atoms with Crippen LogP contribution in [-0.4, -0.2) is 21.6 Å². The van der Waals surface area contributed by atoms with Crippen LogP contribution in [0.2, 0.25) is 5.02 Å².